The van der Waals surface area contributed by atoms with E-state index in [0.717, 1.165) is 21.5 Å². The fraction of sp³-hybridized carbons (Fsp3) is 0.316. The van der Waals surface area contributed by atoms with Crippen LogP contribution in [0, 0.1) is 26.2 Å². The second-order valence-corrected chi connectivity index (χ2v) is 7.28. The zero-order valence-corrected chi connectivity index (χ0v) is 15.6. The molecule has 0 radical (unpaired) electrons. The van der Waals surface area contributed by atoms with E-state index in [4.69, 9.17) is 6.42 Å². The lowest BCUT2D eigenvalue weighted by molar-refractivity contribution is 0.0992. The fourth-order valence-electron chi connectivity index (χ4n) is 2.77. The van der Waals surface area contributed by atoms with Gasteiger partial charge in [0.15, 0.2) is 10.5 Å². The predicted octanol–water partition coefficient (Wildman–Crippen LogP) is 3.47. The number of hydrogen-bond donors (Lipinski definition) is 0. The zero-order valence-electron chi connectivity index (χ0n) is 14.8. The van der Waals surface area contributed by atoms with Crippen molar-refractivity contribution in [1.82, 2.24) is 14.3 Å². The topological polar surface area (TPSA) is 52.2 Å². The smallest absolute Gasteiger partial charge is 0.300 e. The molecule has 0 saturated heterocycles. The molecule has 3 aromatic rings. The summed E-state index contributed by atoms with van der Waals surface area (Å²) in [5.41, 5.74) is 3.44. The molecule has 0 aliphatic rings. The van der Waals surface area contributed by atoms with Gasteiger partial charge in [-0.1, -0.05) is 23.3 Å². The largest absolute Gasteiger partial charge is 0.305 e. The number of benzene rings is 1. The van der Waals surface area contributed by atoms with Crippen molar-refractivity contribution in [3.8, 4) is 12.3 Å². The van der Waals surface area contributed by atoms with E-state index in [9.17, 15) is 4.79 Å². The molecule has 0 atom stereocenters. The third-order valence-corrected chi connectivity index (χ3v) is 4.96. The molecular weight excluding hydrogens is 332 g/mol. The molecule has 0 spiro atoms. The van der Waals surface area contributed by atoms with Crippen LogP contribution in [0.15, 0.2) is 29.3 Å². The third kappa shape index (κ3) is 3.28. The molecule has 0 saturated carbocycles. The van der Waals surface area contributed by atoms with E-state index in [1.807, 2.05) is 49.1 Å². The Kier molecular flexibility index (Phi) is 4.60. The molecule has 2 heterocycles. The maximum Gasteiger partial charge on any atom is 0.300 e. The number of carbonyl (C=O) groups excluding carboxylic acids is 1. The lowest BCUT2D eigenvalue weighted by Gasteiger charge is -2.06. The molecule has 0 aliphatic heterocycles. The summed E-state index contributed by atoms with van der Waals surface area (Å²) >= 11 is 1.46. The molecule has 2 aromatic heterocycles. The summed E-state index contributed by atoms with van der Waals surface area (Å²) in [6.45, 7) is 8.40. The SMILES string of the molecule is C#CCn1c(=NC(=O)c2cc(C)n(C(C)C)n2)sc2cc(C)ccc21. The number of hydrogen-bond acceptors (Lipinski definition) is 3. The number of terminal acetylenes is 1. The number of carbonyl (C=O) groups is 1. The van der Waals surface area contributed by atoms with Crippen LogP contribution >= 0.6 is 11.3 Å². The molecule has 25 heavy (non-hydrogen) atoms. The first kappa shape index (κ1) is 17.2. The van der Waals surface area contributed by atoms with Crippen molar-refractivity contribution in [2.45, 2.75) is 40.3 Å². The summed E-state index contributed by atoms with van der Waals surface area (Å²) in [7, 11) is 0. The number of amides is 1. The van der Waals surface area contributed by atoms with E-state index < -0.39 is 0 Å². The van der Waals surface area contributed by atoms with Gasteiger partial charge in [0.05, 0.1) is 16.8 Å². The monoisotopic (exact) mass is 352 g/mol. The highest BCUT2D eigenvalue weighted by molar-refractivity contribution is 7.16. The second-order valence-electron chi connectivity index (χ2n) is 6.27. The van der Waals surface area contributed by atoms with Gasteiger partial charge in [0, 0.05) is 11.7 Å². The van der Waals surface area contributed by atoms with Gasteiger partial charge in [-0.25, -0.2) is 0 Å². The van der Waals surface area contributed by atoms with Crippen molar-refractivity contribution < 1.29 is 4.79 Å². The third-order valence-electron chi connectivity index (χ3n) is 3.92. The summed E-state index contributed by atoms with van der Waals surface area (Å²) in [6, 6.07) is 8.09. The molecule has 0 aliphatic carbocycles. The van der Waals surface area contributed by atoms with Gasteiger partial charge >= 0.3 is 0 Å². The van der Waals surface area contributed by atoms with Gasteiger partial charge in [-0.15, -0.1) is 6.42 Å². The minimum atomic E-state index is -0.350. The molecule has 128 valence electrons. The molecule has 0 bridgehead atoms. The highest BCUT2D eigenvalue weighted by atomic mass is 32.1. The standard InChI is InChI=1S/C19H20N4OS/c1-6-9-22-16-8-7-13(4)10-17(16)25-19(22)20-18(24)15-11-14(5)23(21-15)12(2)3/h1,7-8,10-12H,9H2,2-5H3. The molecule has 3 rings (SSSR count). The maximum absolute atomic E-state index is 12.6. The summed E-state index contributed by atoms with van der Waals surface area (Å²) < 4.78 is 4.78. The average Bonchev–Trinajstić information content (AvgIpc) is 3.09. The molecule has 5 nitrogen and oxygen atoms in total. The van der Waals surface area contributed by atoms with Gasteiger partial charge in [0.25, 0.3) is 5.91 Å². The lowest BCUT2D eigenvalue weighted by Crippen LogP contribution is -2.16. The Labute approximate surface area is 150 Å². The Morgan fingerprint density at radius 2 is 2.12 bits per heavy atom. The van der Waals surface area contributed by atoms with Crippen LogP contribution in [0.1, 0.15) is 41.6 Å². The van der Waals surface area contributed by atoms with Crippen molar-refractivity contribution in [2.75, 3.05) is 0 Å². The molecule has 1 amide bonds. The van der Waals surface area contributed by atoms with Crippen molar-refractivity contribution in [3.63, 3.8) is 0 Å². The normalized spacial score (nSPS) is 12.1. The first-order valence-corrected chi connectivity index (χ1v) is 8.91. The van der Waals surface area contributed by atoms with Crippen LogP contribution in [0.2, 0.25) is 0 Å². The van der Waals surface area contributed by atoms with Crippen LogP contribution in [0.3, 0.4) is 0 Å². The van der Waals surface area contributed by atoms with E-state index in [2.05, 4.69) is 22.1 Å². The molecule has 0 fully saturated rings. The molecule has 6 heteroatoms. The number of nitrogens with zero attached hydrogens (tertiary/aromatic N) is 4. The van der Waals surface area contributed by atoms with Gasteiger partial charge in [-0.05, 0) is 51.5 Å². The number of rotatable bonds is 3. The van der Waals surface area contributed by atoms with E-state index in [1.165, 1.54) is 11.3 Å². The Morgan fingerprint density at radius 3 is 2.76 bits per heavy atom. The van der Waals surface area contributed by atoms with Crippen LogP contribution in [-0.2, 0) is 6.54 Å². The van der Waals surface area contributed by atoms with Crippen LogP contribution in [0.5, 0.6) is 0 Å². The maximum atomic E-state index is 12.6. The van der Waals surface area contributed by atoms with Crippen molar-refractivity contribution in [2.24, 2.45) is 4.99 Å². The van der Waals surface area contributed by atoms with Gasteiger partial charge in [0.1, 0.15) is 0 Å². The van der Waals surface area contributed by atoms with Gasteiger partial charge in [0.2, 0.25) is 0 Å². The second kappa shape index (κ2) is 6.69. The number of fused-ring (bicyclic) bond motifs is 1. The van der Waals surface area contributed by atoms with Gasteiger partial charge in [-0.2, -0.15) is 10.1 Å². The quantitative estimate of drug-likeness (QED) is 0.678. The predicted molar refractivity (Wildman–Crippen MR) is 101 cm³/mol. The first-order valence-electron chi connectivity index (χ1n) is 8.09. The number of aromatic nitrogens is 3. The minimum Gasteiger partial charge on any atom is -0.305 e. The molecule has 0 N–H and O–H groups in total. The Balaban J connectivity index is 2.11. The Hall–Kier alpha value is -2.65. The average molecular weight is 352 g/mol. The molecule has 1 aromatic carbocycles. The molecule has 0 unspecified atom stereocenters. The highest BCUT2D eigenvalue weighted by Crippen LogP contribution is 2.19. The van der Waals surface area contributed by atoms with Crippen molar-refractivity contribution in [3.05, 3.63) is 46.0 Å². The van der Waals surface area contributed by atoms with Crippen LogP contribution in [0.4, 0.5) is 0 Å². The summed E-state index contributed by atoms with van der Waals surface area (Å²) in [5.74, 6) is 2.29. The number of aryl methyl sites for hydroxylation is 2. The van der Waals surface area contributed by atoms with Crippen LogP contribution < -0.4 is 4.80 Å². The van der Waals surface area contributed by atoms with Crippen molar-refractivity contribution >= 4 is 27.5 Å². The van der Waals surface area contributed by atoms with E-state index in [-0.39, 0.29) is 11.9 Å². The van der Waals surface area contributed by atoms with Gasteiger partial charge in [-0.3, -0.25) is 9.48 Å². The van der Waals surface area contributed by atoms with Gasteiger partial charge < -0.3 is 4.57 Å². The fourth-order valence-corrected chi connectivity index (χ4v) is 3.89. The highest BCUT2D eigenvalue weighted by Gasteiger charge is 2.14. The zero-order chi connectivity index (χ0) is 18.1. The van der Waals surface area contributed by atoms with E-state index >= 15 is 0 Å². The first-order chi connectivity index (χ1) is 11.9. The van der Waals surface area contributed by atoms with Crippen LogP contribution in [-0.4, -0.2) is 20.3 Å². The van der Waals surface area contributed by atoms with E-state index in [0.29, 0.717) is 17.0 Å². The summed E-state index contributed by atoms with van der Waals surface area (Å²) in [4.78, 5) is 17.5. The summed E-state index contributed by atoms with van der Waals surface area (Å²) in [5, 5.41) is 4.38. The number of thiazole rings is 1. The Bertz CT molecular complexity index is 1060. The summed E-state index contributed by atoms with van der Waals surface area (Å²) in [6.07, 6.45) is 5.50. The lowest BCUT2D eigenvalue weighted by atomic mass is 10.2. The Morgan fingerprint density at radius 1 is 1.36 bits per heavy atom. The minimum absolute atomic E-state index is 0.195. The van der Waals surface area contributed by atoms with Crippen LogP contribution in [0.25, 0.3) is 10.2 Å². The van der Waals surface area contributed by atoms with E-state index in [1.54, 1.807) is 6.07 Å². The van der Waals surface area contributed by atoms with Crippen molar-refractivity contribution in [1.29, 1.82) is 0 Å². The molecular formula is C19H20N4OS.